The van der Waals surface area contributed by atoms with E-state index < -0.39 is 0 Å². The number of benzene rings is 1. The number of halogens is 2. The lowest BCUT2D eigenvalue weighted by atomic mass is 10.2. The Balaban J connectivity index is 3.01. The molecule has 0 aliphatic carbocycles. The van der Waals surface area contributed by atoms with E-state index in [1.54, 1.807) is 6.07 Å². The maximum Gasteiger partial charge on any atom is 0.124 e. The van der Waals surface area contributed by atoms with E-state index in [-0.39, 0.29) is 6.10 Å². The highest BCUT2D eigenvalue weighted by atomic mass is 35.5. The van der Waals surface area contributed by atoms with Gasteiger partial charge in [0.05, 0.1) is 16.1 Å². The summed E-state index contributed by atoms with van der Waals surface area (Å²) in [6.07, 6.45) is 0.149. The number of hydrogen-bond donors (Lipinski definition) is 0. The van der Waals surface area contributed by atoms with E-state index in [1.165, 1.54) is 0 Å². The van der Waals surface area contributed by atoms with Crippen LogP contribution in [0.4, 0.5) is 0 Å². The van der Waals surface area contributed by atoms with Crippen LogP contribution in [0.2, 0.25) is 10.0 Å². The highest BCUT2D eigenvalue weighted by Gasteiger charge is 2.06. The Labute approximate surface area is 88.6 Å². The van der Waals surface area contributed by atoms with E-state index in [4.69, 9.17) is 27.9 Å². The molecule has 0 saturated carbocycles. The molecule has 1 rings (SSSR count). The molecule has 1 nitrogen and oxygen atoms in total. The molecule has 0 bridgehead atoms. The number of ether oxygens (including phenoxy) is 1. The van der Waals surface area contributed by atoms with E-state index in [2.05, 4.69) is 0 Å². The Bertz CT molecular complexity index is 308. The van der Waals surface area contributed by atoms with Gasteiger partial charge in [-0.15, -0.1) is 0 Å². The van der Waals surface area contributed by atoms with Crippen LogP contribution in [0.1, 0.15) is 19.4 Å². The van der Waals surface area contributed by atoms with Crippen molar-refractivity contribution in [1.29, 1.82) is 0 Å². The SMILES string of the molecule is Cc1cc(Cl)c(Cl)cc1OC(C)C. The van der Waals surface area contributed by atoms with Crippen molar-refractivity contribution >= 4 is 23.2 Å². The minimum absolute atomic E-state index is 0.149. The zero-order chi connectivity index (χ0) is 10.0. The number of aryl methyl sites for hydroxylation is 1. The van der Waals surface area contributed by atoms with Crippen molar-refractivity contribution in [2.24, 2.45) is 0 Å². The first-order valence-electron chi connectivity index (χ1n) is 4.13. The zero-order valence-electron chi connectivity index (χ0n) is 7.90. The van der Waals surface area contributed by atoms with Crippen LogP contribution in [0.5, 0.6) is 5.75 Å². The van der Waals surface area contributed by atoms with Gasteiger partial charge in [-0.1, -0.05) is 23.2 Å². The molecule has 0 N–H and O–H groups in total. The zero-order valence-corrected chi connectivity index (χ0v) is 9.41. The average Bonchev–Trinajstić information content (AvgIpc) is 1.99. The van der Waals surface area contributed by atoms with Gasteiger partial charge in [-0.3, -0.25) is 0 Å². The largest absolute Gasteiger partial charge is 0.491 e. The molecule has 0 amide bonds. The van der Waals surface area contributed by atoms with Crippen molar-refractivity contribution in [2.75, 3.05) is 0 Å². The Kier molecular flexibility index (Phi) is 3.46. The first kappa shape index (κ1) is 10.7. The highest BCUT2D eigenvalue weighted by Crippen LogP contribution is 2.30. The van der Waals surface area contributed by atoms with Crippen molar-refractivity contribution < 1.29 is 4.74 Å². The highest BCUT2D eigenvalue weighted by molar-refractivity contribution is 6.42. The monoisotopic (exact) mass is 218 g/mol. The molecule has 0 aliphatic heterocycles. The molecule has 0 radical (unpaired) electrons. The molecule has 0 aromatic heterocycles. The minimum atomic E-state index is 0.149. The molecule has 0 unspecified atom stereocenters. The standard InChI is InChI=1S/C10H12Cl2O/c1-6(2)13-10-5-9(12)8(11)4-7(10)3/h4-6H,1-3H3. The van der Waals surface area contributed by atoms with E-state index >= 15 is 0 Å². The first-order chi connectivity index (χ1) is 6.00. The Morgan fingerprint density at radius 3 is 2.23 bits per heavy atom. The molecular weight excluding hydrogens is 207 g/mol. The van der Waals surface area contributed by atoms with Crippen molar-refractivity contribution in [1.82, 2.24) is 0 Å². The predicted molar refractivity (Wildman–Crippen MR) is 57.0 cm³/mol. The van der Waals surface area contributed by atoms with Crippen LogP contribution in [-0.4, -0.2) is 6.10 Å². The topological polar surface area (TPSA) is 9.23 Å². The van der Waals surface area contributed by atoms with Crippen LogP contribution in [0, 0.1) is 6.92 Å². The molecule has 0 fully saturated rings. The molecule has 0 atom stereocenters. The van der Waals surface area contributed by atoms with E-state index in [0.29, 0.717) is 10.0 Å². The fraction of sp³-hybridized carbons (Fsp3) is 0.400. The van der Waals surface area contributed by atoms with Crippen LogP contribution in [0.15, 0.2) is 12.1 Å². The first-order valence-corrected chi connectivity index (χ1v) is 4.88. The van der Waals surface area contributed by atoms with Crippen molar-refractivity contribution in [3.05, 3.63) is 27.7 Å². The smallest absolute Gasteiger partial charge is 0.124 e. The Morgan fingerprint density at radius 2 is 1.69 bits per heavy atom. The van der Waals surface area contributed by atoms with Gasteiger partial charge in [0.1, 0.15) is 5.75 Å². The van der Waals surface area contributed by atoms with Gasteiger partial charge in [0.15, 0.2) is 0 Å². The number of rotatable bonds is 2. The van der Waals surface area contributed by atoms with Crippen molar-refractivity contribution in [3.63, 3.8) is 0 Å². The Morgan fingerprint density at radius 1 is 1.15 bits per heavy atom. The maximum atomic E-state index is 5.86. The summed E-state index contributed by atoms with van der Waals surface area (Å²) in [6.45, 7) is 5.89. The second-order valence-corrected chi connectivity index (χ2v) is 4.01. The van der Waals surface area contributed by atoms with Gasteiger partial charge in [0.2, 0.25) is 0 Å². The van der Waals surface area contributed by atoms with Crippen LogP contribution in [0.25, 0.3) is 0 Å². The third-order valence-corrected chi connectivity index (χ3v) is 2.30. The van der Waals surface area contributed by atoms with Gasteiger partial charge in [0, 0.05) is 6.07 Å². The fourth-order valence-corrected chi connectivity index (χ4v) is 1.38. The van der Waals surface area contributed by atoms with Gasteiger partial charge in [-0.05, 0) is 32.4 Å². The molecule has 0 aliphatic rings. The third kappa shape index (κ3) is 2.78. The normalized spacial score (nSPS) is 10.6. The van der Waals surface area contributed by atoms with Gasteiger partial charge >= 0.3 is 0 Å². The number of hydrogen-bond acceptors (Lipinski definition) is 1. The molecule has 0 heterocycles. The lowest BCUT2D eigenvalue weighted by molar-refractivity contribution is 0.241. The summed E-state index contributed by atoms with van der Waals surface area (Å²) in [5.74, 6) is 0.796. The van der Waals surface area contributed by atoms with E-state index in [0.717, 1.165) is 11.3 Å². The molecule has 1 aromatic carbocycles. The van der Waals surface area contributed by atoms with E-state index in [1.807, 2.05) is 26.8 Å². The molecule has 72 valence electrons. The van der Waals surface area contributed by atoms with Crippen molar-refractivity contribution in [2.45, 2.75) is 26.9 Å². The predicted octanol–water partition coefficient (Wildman–Crippen LogP) is 4.09. The third-order valence-electron chi connectivity index (χ3n) is 1.58. The molecule has 0 saturated heterocycles. The van der Waals surface area contributed by atoms with E-state index in [9.17, 15) is 0 Å². The molecule has 3 heteroatoms. The summed E-state index contributed by atoms with van der Waals surface area (Å²) >= 11 is 11.7. The maximum absolute atomic E-state index is 5.86. The van der Waals surface area contributed by atoms with Gasteiger partial charge < -0.3 is 4.74 Å². The van der Waals surface area contributed by atoms with Gasteiger partial charge in [0.25, 0.3) is 0 Å². The summed E-state index contributed by atoms with van der Waals surface area (Å²) in [5, 5.41) is 1.10. The lowest BCUT2D eigenvalue weighted by Crippen LogP contribution is -2.06. The van der Waals surface area contributed by atoms with Crippen LogP contribution in [0.3, 0.4) is 0 Å². The molecule has 13 heavy (non-hydrogen) atoms. The second-order valence-electron chi connectivity index (χ2n) is 3.20. The van der Waals surface area contributed by atoms with Crippen molar-refractivity contribution in [3.8, 4) is 5.75 Å². The summed E-state index contributed by atoms with van der Waals surface area (Å²) in [5.41, 5.74) is 1.00. The lowest BCUT2D eigenvalue weighted by Gasteiger charge is -2.12. The summed E-state index contributed by atoms with van der Waals surface area (Å²) in [6, 6.07) is 3.56. The fourth-order valence-electron chi connectivity index (χ4n) is 1.01. The summed E-state index contributed by atoms with van der Waals surface area (Å²) < 4.78 is 5.54. The van der Waals surface area contributed by atoms with Crippen LogP contribution < -0.4 is 4.74 Å². The van der Waals surface area contributed by atoms with Crippen LogP contribution >= 0.6 is 23.2 Å². The minimum Gasteiger partial charge on any atom is -0.491 e. The van der Waals surface area contributed by atoms with Crippen LogP contribution in [-0.2, 0) is 0 Å². The second kappa shape index (κ2) is 4.21. The summed E-state index contributed by atoms with van der Waals surface area (Å²) in [7, 11) is 0. The summed E-state index contributed by atoms with van der Waals surface area (Å²) in [4.78, 5) is 0. The van der Waals surface area contributed by atoms with Gasteiger partial charge in [-0.25, -0.2) is 0 Å². The molecular formula is C10H12Cl2O. The Hall–Kier alpha value is -0.400. The average molecular weight is 219 g/mol. The van der Waals surface area contributed by atoms with Gasteiger partial charge in [-0.2, -0.15) is 0 Å². The molecule has 1 aromatic rings. The quantitative estimate of drug-likeness (QED) is 0.727. The molecule has 0 spiro atoms.